The first kappa shape index (κ1) is 13.9. The molecule has 0 saturated heterocycles. The first-order valence-corrected chi connectivity index (χ1v) is 6.40. The minimum atomic E-state index is -0.263. The van der Waals surface area contributed by atoms with Gasteiger partial charge in [0, 0.05) is 12.4 Å². The lowest BCUT2D eigenvalue weighted by molar-refractivity contribution is 0.0954. The van der Waals surface area contributed by atoms with Crippen LogP contribution in [0.4, 0.5) is 0 Å². The molecule has 0 spiro atoms. The van der Waals surface area contributed by atoms with Crippen molar-refractivity contribution in [3.05, 3.63) is 65.0 Å². The fourth-order valence-electron chi connectivity index (χ4n) is 1.73. The lowest BCUT2D eigenvalue weighted by Crippen LogP contribution is -2.19. The maximum atomic E-state index is 11.8. The highest BCUT2D eigenvalue weighted by atomic mass is 16.2. The van der Waals surface area contributed by atoms with Crippen LogP contribution in [-0.4, -0.2) is 16.6 Å². The van der Waals surface area contributed by atoms with Crippen molar-refractivity contribution in [3.63, 3.8) is 0 Å². The molecule has 4 heteroatoms. The van der Waals surface area contributed by atoms with E-state index < -0.39 is 0 Å². The van der Waals surface area contributed by atoms with Crippen molar-refractivity contribution in [2.75, 3.05) is 0 Å². The maximum absolute atomic E-state index is 11.8. The molecule has 0 fully saturated rings. The molecule has 0 unspecified atom stereocenters. The molecule has 102 valence electrons. The van der Waals surface area contributed by atoms with Crippen LogP contribution in [0.5, 0.6) is 0 Å². The molecule has 0 radical (unpaired) electrons. The Kier molecular flexibility index (Phi) is 4.25. The SMILES string of the molecule is C/C(=N\NC(=O)c1cccnc1)c1ccc(C)c(C)c1. The van der Waals surface area contributed by atoms with E-state index >= 15 is 0 Å². The molecule has 1 N–H and O–H groups in total. The van der Waals surface area contributed by atoms with E-state index in [1.165, 1.54) is 17.3 Å². The van der Waals surface area contributed by atoms with Crippen LogP contribution in [0.15, 0.2) is 47.8 Å². The first-order valence-electron chi connectivity index (χ1n) is 6.40. The zero-order valence-corrected chi connectivity index (χ0v) is 11.8. The Balaban J connectivity index is 2.11. The molecule has 0 aliphatic carbocycles. The summed E-state index contributed by atoms with van der Waals surface area (Å²) >= 11 is 0. The average Bonchev–Trinajstić information content (AvgIpc) is 2.48. The summed E-state index contributed by atoms with van der Waals surface area (Å²) in [6, 6.07) is 9.52. The van der Waals surface area contributed by atoms with Gasteiger partial charge in [-0.1, -0.05) is 12.1 Å². The van der Waals surface area contributed by atoms with Crippen LogP contribution in [0.2, 0.25) is 0 Å². The number of carbonyl (C=O) groups is 1. The second-order valence-electron chi connectivity index (χ2n) is 4.68. The summed E-state index contributed by atoms with van der Waals surface area (Å²) in [5.74, 6) is -0.263. The second kappa shape index (κ2) is 6.10. The van der Waals surface area contributed by atoms with Crippen LogP contribution in [0.1, 0.15) is 34.0 Å². The van der Waals surface area contributed by atoms with Gasteiger partial charge in [0.05, 0.1) is 11.3 Å². The van der Waals surface area contributed by atoms with E-state index in [0.29, 0.717) is 5.56 Å². The molecule has 4 nitrogen and oxygen atoms in total. The third-order valence-corrected chi connectivity index (χ3v) is 3.17. The van der Waals surface area contributed by atoms with Gasteiger partial charge in [0.2, 0.25) is 0 Å². The minimum Gasteiger partial charge on any atom is -0.267 e. The highest BCUT2D eigenvalue weighted by Crippen LogP contribution is 2.10. The highest BCUT2D eigenvalue weighted by Gasteiger charge is 2.04. The molecular weight excluding hydrogens is 250 g/mol. The molecular formula is C16H17N3O. The van der Waals surface area contributed by atoms with Gasteiger partial charge in [-0.2, -0.15) is 5.10 Å². The zero-order valence-electron chi connectivity index (χ0n) is 11.8. The predicted octanol–water partition coefficient (Wildman–Crippen LogP) is 2.85. The number of nitrogens with zero attached hydrogens (tertiary/aromatic N) is 2. The standard InChI is InChI=1S/C16H17N3O/c1-11-6-7-14(9-12(11)2)13(3)18-19-16(20)15-5-4-8-17-10-15/h4-10H,1-3H3,(H,19,20)/b18-13+. The Morgan fingerprint density at radius 2 is 1.95 bits per heavy atom. The summed E-state index contributed by atoms with van der Waals surface area (Å²) in [7, 11) is 0. The number of aromatic nitrogens is 1. The predicted molar refractivity (Wildman–Crippen MR) is 79.8 cm³/mol. The van der Waals surface area contributed by atoms with Crippen molar-refractivity contribution in [1.82, 2.24) is 10.4 Å². The number of amides is 1. The molecule has 1 aromatic heterocycles. The molecule has 0 saturated carbocycles. The Bertz CT molecular complexity index is 648. The third-order valence-electron chi connectivity index (χ3n) is 3.17. The summed E-state index contributed by atoms with van der Waals surface area (Å²) in [6.07, 6.45) is 3.14. The molecule has 0 aliphatic rings. The van der Waals surface area contributed by atoms with Crippen LogP contribution in [0, 0.1) is 13.8 Å². The molecule has 20 heavy (non-hydrogen) atoms. The monoisotopic (exact) mass is 267 g/mol. The molecule has 2 aromatic rings. The number of rotatable bonds is 3. The zero-order chi connectivity index (χ0) is 14.5. The lowest BCUT2D eigenvalue weighted by Gasteiger charge is -2.05. The van der Waals surface area contributed by atoms with Crippen molar-refractivity contribution >= 4 is 11.6 Å². The van der Waals surface area contributed by atoms with E-state index in [0.717, 1.165) is 11.3 Å². The van der Waals surface area contributed by atoms with Crippen molar-refractivity contribution in [3.8, 4) is 0 Å². The maximum Gasteiger partial charge on any atom is 0.272 e. The normalized spacial score (nSPS) is 11.2. The van der Waals surface area contributed by atoms with Crippen molar-refractivity contribution in [2.45, 2.75) is 20.8 Å². The summed E-state index contributed by atoms with van der Waals surface area (Å²) in [6.45, 7) is 5.99. The van der Waals surface area contributed by atoms with Gasteiger partial charge in [-0.15, -0.1) is 0 Å². The summed E-state index contributed by atoms with van der Waals surface area (Å²) in [4.78, 5) is 15.7. The van der Waals surface area contributed by atoms with Gasteiger partial charge >= 0.3 is 0 Å². The van der Waals surface area contributed by atoms with Gasteiger partial charge in [0.1, 0.15) is 0 Å². The molecule has 0 aliphatic heterocycles. The van der Waals surface area contributed by atoms with Crippen LogP contribution in [0.3, 0.4) is 0 Å². The Hall–Kier alpha value is -2.49. The smallest absolute Gasteiger partial charge is 0.267 e. The van der Waals surface area contributed by atoms with E-state index in [1.54, 1.807) is 18.3 Å². The van der Waals surface area contributed by atoms with E-state index in [4.69, 9.17) is 0 Å². The van der Waals surface area contributed by atoms with Crippen molar-refractivity contribution in [1.29, 1.82) is 0 Å². The summed E-state index contributed by atoms with van der Waals surface area (Å²) in [5, 5.41) is 4.13. The van der Waals surface area contributed by atoms with Gasteiger partial charge < -0.3 is 0 Å². The van der Waals surface area contributed by atoms with Crippen LogP contribution >= 0.6 is 0 Å². The Morgan fingerprint density at radius 1 is 1.15 bits per heavy atom. The topological polar surface area (TPSA) is 54.4 Å². The number of aryl methyl sites for hydroxylation is 2. The van der Waals surface area contributed by atoms with Gasteiger partial charge in [-0.3, -0.25) is 9.78 Å². The van der Waals surface area contributed by atoms with E-state index in [1.807, 2.05) is 19.1 Å². The van der Waals surface area contributed by atoms with Gasteiger partial charge in [-0.05, 0) is 55.7 Å². The summed E-state index contributed by atoms with van der Waals surface area (Å²) in [5.41, 5.74) is 7.24. The third kappa shape index (κ3) is 3.29. The average molecular weight is 267 g/mol. The number of hydrogen-bond donors (Lipinski definition) is 1. The van der Waals surface area contributed by atoms with E-state index in [2.05, 4.69) is 35.4 Å². The Morgan fingerprint density at radius 3 is 2.60 bits per heavy atom. The fraction of sp³-hybridized carbons (Fsp3) is 0.188. The Labute approximate surface area is 118 Å². The molecule has 1 amide bonds. The number of carbonyl (C=O) groups excluding carboxylic acids is 1. The lowest BCUT2D eigenvalue weighted by atomic mass is 10.0. The molecule has 1 heterocycles. The second-order valence-corrected chi connectivity index (χ2v) is 4.68. The first-order chi connectivity index (χ1) is 9.58. The number of pyridine rings is 1. The van der Waals surface area contributed by atoms with E-state index in [9.17, 15) is 4.79 Å². The van der Waals surface area contributed by atoms with Crippen LogP contribution in [0.25, 0.3) is 0 Å². The van der Waals surface area contributed by atoms with Gasteiger partial charge in [-0.25, -0.2) is 5.43 Å². The number of hydrazone groups is 1. The molecule has 0 bridgehead atoms. The number of hydrogen-bond acceptors (Lipinski definition) is 3. The number of nitrogens with one attached hydrogen (secondary N) is 1. The van der Waals surface area contributed by atoms with Crippen molar-refractivity contribution in [2.24, 2.45) is 5.10 Å². The minimum absolute atomic E-state index is 0.263. The van der Waals surface area contributed by atoms with Gasteiger partial charge in [0.15, 0.2) is 0 Å². The molecule has 1 aromatic carbocycles. The number of benzene rings is 1. The van der Waals surface area contributed by atoms with Crippen LogP contribution in [-0.2, 0) is 0 Å². The van der Waals surface area contributed by atoms with E-state index in [-0.39, 0.29) is 5.91 Å². The fourth-order valence-corrected chi connectivity index (χ4v) is 1.73. The quantitative estimate of drug-likeness (QED) is 0.686. The molecule has 2 rings (SSSR count). The summed E-state index contributed by atoms with van der Waals surface area (Å²) < 4.78 is 0. The van der Waals surface area contributed by atoms with Gasteiger partial charge in [0.25, 0.3) is 5.91 Å². The highest BCUT2D eigenvalue weighted by molar-refractivity contribution is 6.00. The van der Waals surface area contributed by atoms with Crippen LogP contribution < -0.4 is 5.43 Å². The largest absolute Gasteiger partial charge is 0.272 e. The van der Waals surface area contributed by atoms with Crippen molar-refractivity contribution < 1.29 is 4.79 Å². The molecule has 0 atom stereocenters.